The number of amides is 1. The number of rotatable bonds is 5. The number of anilines is 3. The van der Waals surface area contributed by atoms with Crippen LogP contribution in [0.4, 0.5) is 26.0 Å². The van der Waals surface area contributed by atoms with Crippen LogP contribution in [0.3, 0.4) is 0 Å². The molecule has 5 heterocycles. The summed E-state index contributed by atoms with van der Waals surface area (Å²) < 4.78 is 38.6. The Morgan fingerprint density at radius 1 is 1.15 bits per heavy atom. The van der Waals surface area contributed by atoms with Crippen molar-refractivity contribution in [1.29, 1.82) is 0 Å². The molecule has 7 rings (SSSR count). The molecule has 4 N–H and O–H groups in total. The van der Waals surface area contributed by atoms with E-state index in [0.717, 1.165) is 25.7 Å². The minimum Gasteiger partial charge on any atom is -0.465 e. The second-order valence-electron chi connectivity index (χ2n) is 11.4. The molecule has 2 unspecified atom stereocenters. The van der Waals surface area contributed by atoms with Crippen LogP contribution >= 0.6 is 11.3 Å². The number of nitrogens with one attached hydrogen (secondary N) is 1. The number of nitrogens with two attached hydrogens (primary N) is 1. The average molecular weight is 586 g/mol. The molecule has 0 radical (unpaired) electrons. The molecule has 1 amide bonds. The van der Waals surface area contributed by atoms with Gasteiger partial charge in [0.25, 0.3) is 0 Å². The predicted molar refractivity (Wildman–Crippen MR) is 150 cm³/mol. The van der Waals surface area contributed by atoms with Gasteiger partial charge in [0.05, 0.1) is 33.5 Å². The van der Waals surface area contributed by atoms with Crippen molar-refractivity contribution in [3.63, 3.8) is 0 Å². The lowest BCUT2D eigenvalue weighted by Crippen LogP contribution is -2.60. The summed E-state index contributed by atoms with van der Waals surface area (Å²) in [4.78, 5) is 30.0. The zero-order valence-electron chi connectivity index (χ0n) is 21.5. The summed E-state index contributed by atoms with van der Waals surface area (Å²) in [6, 6.07) is 6.68. The lowest BCUT2D eigenvalue weighted by molar-refractivity contribution is 0.133. The van der Waals surface area contributed by atoms with Crippen molar-refractivity contribution in [3.8, 4) is 21.8 Å². The van der Waals surface area contributed by atoms with Crippen LogP contribution in [0.15, 0.2) is 30.5 Å². The summed E-state index contributed by atoms with van der Waals surface area (Å²) in [5.41, 5.74) is 7.10. The summed E-state index contributed by atoms with van der Waals surface area (Å²) in [5, 5.41) is 13.6. The molecule has 210 valence electrons. The first-order valence-electron chi connectivity index (χ1n) is 13.2. The van der Waals surface area contributed by atoms with Crippen molar-refractivity contribution >= 4 is 44.0 Å². The molecule has 4 fully saturated rings. The van der Waals surface area contributed by atoms with E-state index in [9.17, 15) is 18.3 Å². The van der Waals surface area contributed by atoms with Gasteiger partial charge in [0.15, 0.2) is 20.8 Å². The second-order valence-corrected chi connectivity index (χ2v) is 14.5. The first kappa shape index (κ1) is 25.4. The topological polar surface area (TPSA) is 155 Å². The number of sulfone groups is 1. The highest BCUT2D eigenvalue weighted by molar-refractivity contribution is 7.92. The van der Waals surface area contributed by atoms with Gasteiger partial charge < -0.3 is 26.0 Å². The van der Waals surface area contributed by atoms with E-state index in [4.69, 9.17) is 15.7 Å². The van der Waals surface area contributed by atoms with Crippen molar-refractivity contribution in [2.24, 2.45) is 5.41 Å². The predicted octanol–water partition coefficient (Wildman–Crippen LogP) is 3.31. The molecule has 2 bridgehead atoms. The Morgan fingerprint density at radius 2 is 1.88 bits per heavy atom. The third-order valence-corrected chi connectivity index (χ3v) is 11.7. The van der Waals surface area contributed by atoms with E-state index in [-0.39, 0.29) is 46.3 Å². The summed E-state index contributed by atoms with van der Waals surface area (Å²) in [6.07, 6.45) is 3.95. The van der Waals surface area contributed by atoms with Gasteiger partial charge in [-0.25, -0.2) is 32.6 Å². The number of aromatic nitrogens is 3. The fourth-order valence-electron chi connectivity index (χ4n) is 6.83. The number of likely N-dealkylation sites (tertiary alicyclic amines) is 1. The maximum atomic E-state index is 15.3. The molecule has 1 aromatic carbocycles. The fourth-order valence-corrected chi connectivity index (χ4v) is 10.3. The highest BCUT2D eigenvalue weighted by Crippen LogP contribution is 2.51. The van der Waals surface area contributed by atoms with E-state index in [0.29, 0.717) is 40.4 Å². The first-order valence-corrected chi connectivity index (χ1v) is 15.9. The van der Waals surface area contributed by atoms with E-state index < -0.39 is 21.7 Å². The lowest BCUT2D eigenvalue weighted by Gasteiger charge is -2.53. The smallest absolute Gasteiger partial charge is 0.407 e. The zero-order chi connectivity index (χ0) is 27.8. The highest BCUT2D eigenvalue weighted by Gasteiger charge is 2.56. The summed E-state index contributed by atoms with van der Waals surface area (Å²) >= 11 is 1.40. The maximum Gasteiger partial charge on any atom is 0.407 e. The Bertz CT molecular complexity index is 1600. The number of thiazole rings is 1. The molecule has 40 heavy (non-hydrogen) atoms. The Hall–Kier alpha value is -3.52. The Balaban J connectivity index is 1.21. The van der Waals surface area contributed by atoms with Crippen molar-refractivity contribution in [3.05, 3.63) is 36.3 Å². The van der Waals surface area contributed by atoms with Gasteiger partial charge in [-0.05, 0) is 43.9 Å². The van der Waals surface area contributed by atoms with E-state index in [1.54, 1.807) is 24.4 Å². The van der Waals surface area contributed by atoms with Gasteiger partial charge in [-0.2, -0.15) is 0 Å². The quantitative estimate of drug-likeness (QED) is 0.380. The number of benzene rings is 1. The maximum absolute atomic E-state index is 15.3. The second kappa shape index (κ2) is 8.99. The van der Waals surface area contributed by atoms with Crippen molar-refractivity contribution in [2.75, 3.05) is 40.5 Å². The van der Waals surface area contributed by atoms with Crippen LogP contribution in [0.1, 0.15) is 25.7 Å². The standard InChI is InChI=1S/C26H28FN7O4S2/c27-20-17(2-1-3-18(20)28)21-22(39-24(32-21)34-15-4-5-16(34)11-33(10-15)25(35)36)19-6-7-29-23(31-19)30-14-8-26(9-14)12-40(37,38)13-26/h1-3,6-7,14-16H,4-5,8-13,28H2,(H,35,36)(H,29,30,31). The van der Waals surface area contributed by atoms with Gasteiger partial charge in [0.2, 0.25) is 5.95 Å². The van der Waals surface area contributed by atoms with Crippen LogP contribution in [0.25, 0.3) is 21.8 Å². The van der Waals surface area contributed by atoms with Crippen LogP contribution in [0.2, 0.25) is 0 Å². The number of nitrogen functional groups attached to an aromatic ring is 1. The van der Waals surface area contributed by atoms with Gasteiger partial charge in [0, 0.05) is 48.4 Å². The molecule has 1 saturated carbocycles. The highest BCUT2D eigenvalue weighted by atomic mass is 32.2. The normalized spacial score (nSPS) is 24.5. The molecule has 2 aromatic heterocycles. The van der Waals surface area contributed by atoms with Gasteiger partial charge >= 0.3 is 6.09 Å². The van der Waals surface area contributed by atoms with E-state index >= 15 is 4.39 Å². The molecule has 2 atom stereocenters. The van der Waals surface area contributed by atoms with Crippen LogP contribution in [-0.2, 0) is 9.84 Å². The lowest BCUT2D eigenvalue weighted by atomic mass is 9.67. The van der Waals surface area contributed by atoms with E-state index in [2.05, 4.69) is 15.2 Å². The molecular weight excluding hydrogens is 557 g/mol. The molecule has 1 aliphatic carbocycles. The van der Waals surface area contributed by atoms with E-state index in [1.165, 1.54) is 22.3 Å². The number of piperazine rings is 1. The molecule has 11 nitrogen and oxygen atoms in total. The van der Waals surface area contributed by atoms with Crippen LogP contribution in [0, 0.1) is 11.2 Å². The number of carbonyl (C=O) groups is 1. The van der Waals surface area contributed by atoms with Gasteiger partial charge in [-0.15, -0.1) is 0 Å². The Labute approximate surface area is 234 Å². The van der Waals surface area contributed by atoms with Crippen LogP contribution in [0.5, 0.6) is 0 Å². The van der Waals surface area contributed by atoms with Gasteiger partial charge in [-0.1, -0.05) is 17.4 Å². The summed E-state index contributed by atoms with van der Waals surface area (Å²) in [6.45, 7) is 0.795. The number of carboxylic acid groups (broad SMARTS) is 1. The zero-order valence-corrected chi connectivity index (χ0v) is 23.1. The largest absolute Gasteiger partial charge is 0.465 e. The number of halogens is 1. The van der Waals surface area contributed by atoms with Crippen LogP contribution in [-0.4, -0.2) is 82.2 Å². The van der Waals surface area contributed by atoms with Crippen molar-refractivity contribution < 1.29 is 22.7 Å². The summed E-state index contributed by atoms with van der Waals surface area (Å²) in [7, 11) is -2.88. The van der Waals surface area contributed by atoms with Crippen LogP contribution < -0.4 is 16.0 Å². The van der Waals surface area contributed by atoms with Gasteiger partial charge in [-0.3, -0.25) is 0 Å². The Morgan fingerprint density at radius 3 is 2.55 bits per heavy atom. The number of nitrogens with zero attached hydrogens (tertiary/aromatic N) is 5. The monoisotopic (exact) mass is 585 g/mol. The third-order valence-electron chi connectivity index (χ3n) is 8.51. The van der Waals surface area contributed by atoms with Gasteiger partial charge in [0.1, 0.15) is 0 Å². The molecular formula is C26H28FN7O4S2. The first-order chi connectivity index (χ1) is 19.1. The average Bonchev–Trinajstić information content (AvgIpc) is 3.41. The molecule has 3 aliphatic heterocycles. The molecule has 4 aliphatic rings. The number of hydrogen-bond acceptors (Lipinski definition) is 10. The fraction of sp³-hybridized carbons (Fsp3) is 0.462. The number of hydrogen-bond donors (Lipinski definition) is 3. The SMILES string of the molecule is Nc1cccc(-c2nc(N3C4CCC3CN(C(=O)O)C4)sc2-c2ccnc(NC3CC4(C3)CS(=O)(=O)C4)n2)c1F. The molecule has 14 heteroatoms. The minimum absolute atomic E-state index is 0.00345. The molecule has 3 saturated heterocycles. The summed E-state index contributed by atoms with van der Waals surface area (Å²) in [5.74, 6) is 0.367. The van der Waals surface area contributed by atoms with E-state index in [1.807, 2.05) is 0 Å². The molecule has 1 spiro atoms. The Kier molecular flexibility index (Phi) is 5.72. The van der Waals surface area contributed by atoms with Crippen molar-refractivity contribution in [1.82, 2.24) is 19.9 Å². The third kappa shape index (κ3) is 4.24. The number of fused-ring (bicyclic) bond motifs is 2. The van der Waals surface area contributed by atoms with Crippen molar-refractivity contribution in [2.45, 2.75) is 43.8 Å². The minimum atomic E-state index is -2.88. The molecule has 3 aromatic rings.